The monoisotopic (exact) mass is 336 g/mol. The molecule has 3 rings (SSSR count). The van der Waals surface area contributed by atoms with E-state index in [1.54, 1.807) is 0 Å². The third kappa shape index (κ3) is 3.59. The van der Waals surface area contributed by atoms with Gasteiger partial charge in [-0.15, -0.1) is 0 Å². The van der Waals surface area contributed by atoms with Crippen LogP contribution in [0.5, 0.6) is 0 Å². The van der Waals surface area contributed by atoms with E-state index in [-0.39, 0.29) is 11.8 Å². The topological polar surface area (TPSA) is 69.9 Å². The average molecular weight is 336 g/mol. The summed E-state index contributed by atoms with van der Waals surface area (Å²) < 4.78 is 0. The normalized spacial score (nSPS) is 29.6. The zero-order chi connectivity index (χ0) is 17.2. The molecule has 0 aliphatic carbocycles. The van der Waals surface area contributed by atoms with Crippen LogP contribution in [0.1, 0.15) is 44.9 Å². The van der Waals surface area contributed by atoms with E-state index in [0.29, 0.717) is 12.3 Å². The van der Waals surface area contributed by atoms with Gasteiger partial charge in [-0.2, -0.15) is 0 Å². The Kier molecular flexibility index (Phi) is 5.45. The zero-order valence-electron chi connectivity index (χ0n) is 15.0. The van der Waals surface area contributed by atoms with Crippen molar-refractivity contribution in [1.82, 2.24) is 14.7 Å². The summed E-state index contributed by atoms with van der Waals surface area (Å²) in [6.45, 7) is 5.80. The maximum Gasteiger partial charge on any atom is 0.238 e. The summed E-state index contributed by atoms with van der Waals surface area (Å²) in [4.78, 5) is 30.6. The number of carbonyl (C=O) groups is 2. The number of piperidine rings is 3. The molecule has 3 fully saturated rings. The van der Waals surface area contributed by atoms with Crippen LogP contribution in [-0.2, 0) is 9.59 Å². The molecule has 1 unspecified atom stereocenters. The van der Waals surface area contributed by atoms with Gasteiger partial charge in [-0.25, -0.2) is 0 Å². The van der Waals surface area contributed by atoms with Gasteiger partial charge >= 0.3 is 0 Å². The quantitative estimate of drug-likeness (QED) is 0.819. The summed E-state index contributed by atoms with van der Waals surface area (Å²) in [6, 6.07) is 0. The smallest absolute Gasteiger partial charge is 0.238 e. The highest BCUT2D eigenvalue weighted by Gasteiger charge is 2.45. The number of likely N-dealkylation sites (tertiary alicyclic amines) is 3. The fraction of sp³-hybridized carbons (Fsp3) is 0.889. The van der Waals surface area contributed by atoms with Gasteiger partial charge in [0.1, 0.15) is 5.54 Å². The third-order valence-corrected chi connectivity index (χ3v) is 6.34. The van der Waals surface area contributed by atoms with Crippen molar-refractivity contribution in [3.63, 3.8) is 0 Å². The number of amides is 2. The standard InChI is InChI=1S/C18H32N4O2/c1-20-13-15(5-6-16(20)23)14-21-11-7-18(8-12-21,17(19)24)22-9-3-2-4-10-22/h15H,2-14H2,1H3,(H2,19,24). The van der Waals surface area contributed by atoms with Crippen molar-refractivity contribution in [3.8, 4) is 0 Å². The van der Waals surface area contributed by atoms with E-state index in [1.165, 1.54) is 19.3 Å². The van der Waals surface area contributed by atoms with Crippen molar-refractivity contribution in [2.45, 2.75) is 50.5 Å². The van der Waals surface area contributed by atoms with Gasteiger partial charge in [0.25, 0.3) is 0 Å². The molecular formula is C18H32N4O2. The lowest BCUT2D eigenvalue weighted by molar-refractivity contribution is -0.136. The molecule has 0 aromatic heterocycles. The van der Waals surface area contributed by atoms with Crippen molar-refractivity contribution in [3.05, 3.63) is 0 Å². The number of hydrogen-bond donors (Lipinski definition) is 1. The molecule has 2 N–H and O–H groups in total. The highest BCUT2D eigenvalue weighted by atomic mass is 16.2. The van der Waals surface area contributed by atoms with E-state index in [4.69, 9.17) is 5.73 Å². The summed E-state index contributed by atoms with van der Waals surface area (Å²) >= 11 is 0. The van der Waals surface area contributed by atoms with Gasteiger partial charge in [0.15, 0.2) is 0 Å². The average Bonchev–Trinajstić information content (AvgIpc) is 2.59. The Morgan fingerprint density at radius 1 is 1.17 bits per heavy atom. The first-order valence-electron chi connectivity index (χ1n) is 9.52. The van der Waals surface area contributed by atoms with Crippen LogP contribution in [0, 0.1) is 5.92 Å². The Morgan fingerprint density at radius 3 is 2.42 bits per heavy atom. The van der Waals surface area contributed by atoms with Gasteiger partial charge in [-0.3, -0.25) is 14.5 Å². The minimum Gasteiger partial charge on any atom is -0.368 e. The minimum atomic E-state index is -0.420. The summed E-state index contributed by atoms with van der Waals surface area (Å²) in [5, 5.41) is 0. The van der Waals surface area contributed by atoms with E-state index in [2.05, 4.69) is 9.80 Å². The van der Waals surface area contributed by atoms with Crippen LogP contribution in [-0.4, -0.2) is 78.4 Å². The maximum absolute atomic E-state index is 12.3. The van der Waals surface area contributed by atoms with Gasteiger partial charge in [0.05, 0.1) is 0 Å². The second-order valence-corrected chi connectivity index (χ2v) is 7.92. The van der Waals surface area contributed by atoms with Gasteiger partial charge < -0.3 is 15.5 Å². The Hall–Kier alpha value is -1.14. The third-order valence-electron chi connectivity index (χ3n) is 6.34. The fourth-order valence-electron chi connectivity index (χ4n) is 4.76. The second kappa shape index (κ2) is 7.40. The molecule has 3 aliphatic rings. The first-order valence-corrected chi connectivity index (χ1v) is 9.52. The SMILES string of the molecule is CN1CC(CN2CCC(C(N)=O)(N3CCCCC3)CC2)CCC1=O. The molecule has 2 amide bonds. The van der Waals surface area contributed by atoms with Crippen LogP contribution in [0.25, 0.3) is 0 Å². The van der Waals surface area contributed by atoms with Crippen molar-refractivity contribution in [2.24, 2.45) is 11.7 Å². The highest BCUT2D eigenvalue weighted by molar-refractivity contribution is 5.85. The van der Waals surface area contributed by atoms with E-state index >= 15 is 0 Å². The van der Waals surface area contributed by atoms with Gasteiger partial charge in [0.2, 0.25) is 11.8 Å². The number of nitrogens with two attached hydrogens (primary N) is 1. The molecule has 0 aromatic rings. The molecule has 3 aliphatic heterocycles. The molecule has 6 nitrogen and oxygen atoms in total. The number of nitrogens with zero attached hydrogens (tertiary/aromatic N) is 3. The van der Waals surface area contributed by atoms with Crippen LogP contribution in [0.4, 0.5) is 0 Å². The van der Waals surface area contributed by atoms with Crippen LogP contribution in [0.3, 0.4) is 0 Å². The van der Waals surface area contributed by atoms with Crippen molar-refractivity contribution < 1.29 is 9.59 Å². The van der Waals surface area contributed by atoms with Gasteiger partial charge in [-0.1, -0.05) is 6.42 Å². The predicted molar refractivity (Wildman–Crippen MR) is 93.4 cm³/mol. The van der Waals surface area contributed by atoms with E-state index in [1.807, 2.05) is 11.9 Å². The molecule has 0 radical (unpaired) electrons. The largest absolute Gasteiger partial charge is 0.368 e. The molecule has 0 spiro atoms. The molecule has 3 saturated heterocycles. The fourth-order valence-corrected chi connectivity index (χ4v) is 4.76. The Balaban J connectivity index is 1.55. The molecule has 136 valence electrons. The van der Waals surface area contributed by atoms with Crippen molar-refractivity contribution in [2.75, 3.05) is 46.3 Å². The molecule has 0 bridgehead atoms. The molecular weight excluding hydrogens is 304 g/mol. The van der Waals surface area contributed by atoms with E-state index in [0.717, 1.165) is 58.5 Å². The second-order valence-electron chi connectivity index (χ2n) is 7.92. The highest BCUT2D eigenvalue weighted by Crippen LogP contribution is 2.32. The van der Waals surface area contributed by atoms with Crippen LogP contribution >= 0.6 is 0 Å². The molecule has 0 aromatic carbocycles. The predicted octanol–water partition coefficient (Wildman–Crippen LogP) is 0.661. The Labute approximate surface area is 145 Å². The summed E-state index contributed by atoms with van der Waals surface area (Å²) in [6.07, 6.45) is 7.00. The van der Waals surface area contributed by atoms with E-state index in [9.17, 15) is 9.59 Å². The molecule has 3 heterocycles. The Morgan fingerprint density at radius 2 is 1.83 bits per heavy atom. The van der Waals surface area contributed by atoms with Gasteiger partial charge in [0, 0.05) is 39.6 Å². The zero-order valence-corrected chi connectivity index (χ0v) is 15.0. The number of rotatable bonds is 4. The van der Waals surface area contributed by atoms with Crippen molar-refractivity contribution >= 4 is 11.8 Å². The van der Waals surface area contributed by atoms with Gasteiger partial charge in [-0.05, 0) is 51.1 Å². The lowest BCUT2D eigenvalue weighted by Crippen LogP contribution is -2.63. The number of hydrogen-bond acceptors (Lipinski definition) is 4. The Bertz CT molecular complexity index is 468. The minimum absolute atomic E-state index is 0.132. The number of primary amides is 1. The maximum atomic E-state index is 12.3. The molecule has 24 heavy (non-hydrogen) atoms. The van der Waals surface area contributed by atoms with Crippen LogP contribution in [0.15, 0.2) is 0 Å². The number of carbonyl (C=O) groups excluding carboxylic acids is 2. The molecule has 6 heteroatoms. The lowest BCUT2D eigenvalue weighted by atomic mass is 9.83. The van der Waals surface area contributed by atoms with E-state index < -0.39 is 5.54 Å². The molecule has 0 saturated carbocycles. The first-order chi connectivity index (χ1) is 11.5. The van der Waals surface area contributed by atoms with Crippen LogP contribution < -0.4 is 5.73 Å². The summed E-state index contributed by atoms with van der Waals surface area (Å²) in [5.41, 5.74) is 5.43. The van der Waals surface area contributed by atoms with Crippen LogP contribution in [0.2, 0.25) is 0 Å². The summed E-state index contributed by atoms with van der Waals surface area (Å²) in [5.74, 6) is 0.693. The molecule has 1 atom stereocenters. The summed E-state index contributed by atoms with van der Waals surface area (Å²) in [7, 11) is 1.90. The van der Waals surface area contributed by atoms with Crippen molar-refractivity contribution in [1.29, 1.82) is 0 Å². The first kappa shape index (κ1) is 17.7. The lowest BCUT2D eigenvalue weighted by Gasteiger charge is -2.48.